The Morgan fingerprint density at radius 1 is 0.885 bits per heavy atom. The van der Waals surface area contributed by atoms with Crippen molar-refractivity contribution in [2.45, 2.75) is 40.5 Å². The smallest absolute Gasteiger partial charge is 0.142 e. The molecule has 0 spiro atoms. The summed E-state index contributed by atoms with van der Waals surface area (Å²) in [6.45, 7) is 16.4. The molecule has 0 N–H and O–H groups in total. The van der Waals surface area contributed by atoms with Crippen LogP contribution in [-0.4, -0.2) is 69.8 Å². The Labute approximate surface area is 162 Å². The molecule has 0 radical (unpaired) electrons. The van der Waals surface area contributed by atoms with E-state index in [1.807, 2.05) is 33.8 Å². The van der Waals surface area contributed by atoms with E-state index in [9.17, 15) is 0 Å². The molecule has 150 valence electrons. The molecule has 4 nitrogen and oxygen atoms in total. The maximum atomic E-state index is 5.50. The topological polar surface area (TPSA) is 19.0 Å². The largest absolute Gasteiger partial charge is 0.495 e. The van der Waals surface area contributed by atoms with Crippen LogP contribution in [0.2, 0.25) is 0 Å². The number of methoxy groups -OCH3 is 1. The molecule has 26 heavy (non-hydrogen) atoms. The first kappa shape index (κ1) is 22.8. The van der Waals surface area contributed by atoms with Crippen molar-refractivity contribution < 1.29 is 4.74 Å². The number of nitrogens with zero attached hydrogens (tertiary/aromatic N) is 3. The molecule has 0 bridgehead atoms. The van der Waals surface area contributed by atoms with Crippen molar-refractivity contribution in [3.05, 3.63) is 24.3 Å². The molecule has 0 atom stereocenters. The number of para-hydroxylation sites is 2. The van der Waals surface area contributed by atoms with Gasteiger partial charge in [-0.1, -0.05) is 39.8 Å². The number of hydrogen-bond donors (Lipinski definition) is 0. The molecule has 2 saturated heterocycles. The monoisotopic (exact) mass is 363 g/mol. The third kappa shape index (κ3) is 6.81. The van der Waals surface area contributed by atoms with Crippen LogP contribution in [0.5, 0.6) is 5.75 Å². The van der Waals surface area contributed by atoms with Gasteiger partial charge in [0.2, 0.25) is 0 Å². The lowest BCUT2D eigenvalue weighted by atomic mass is 9.96. The molecule has 0 unspecified atom stereocenters. The Balaban J connectivity index is 0.000000791. The van der Waals surface area contributed by atoms with Gasteiger partial charge in [-0.15, -0.1) is 0 Å². The standard InChI is InChI=1S/C18H29N3O.2C2H6/c1-19-9-7-16(8-10-19)15-20-11-13-21(14-12-20)17-5-3-4-6-18(17)22-2;2*1-2/h3-6,16H,7-15H2,1-2H3;2*1-2H3. The van der Waals surface area contributed by atoms with E-state index in [0.717, 1.165) is 24.8 Å². The number of piperazine rings is 1. The molecule has 0 saturated carbocycles. The highest BCUT2D eigenvalue weighted by Crippen LogP contribution is 2.28. The second-order valence-corrected chi connectivity index (χ2v) is 6.71. The third-order valence-electron chi connectivity index (χ3n) is 5.15. The Bertz CT molecular complexity index is 464. The van der Waals surface area contributed by atoms with Gasteiger partial charge in [-0.2, -0.15) is 0 Å². The van der Waals surface area contributed by atoms with Gasteiger partial charge in [-0.05, 0) is 51.0 Å². The molecule has 2 aliphatic heterocycles. The molecule has 2 fully saturated rings. The number of ether oxygens (including phenoxy) is 1. The molecule has 0 aromatic heterocycles. The van der Waals surface area contributed by atoms with Crippen molar-refractivity contribution >= 4 is 5.69 Å². The molecule has 3 rings (SSSR count). The minimum Gasteiger partial charge on any atom is -0.495 e. The molecule has 2 heterocycles. The summed E-state index contributed by atoms with van der Waals surface area (Å²) in [5, 5.41) is 0. The first-order valence-electron chi connectivity index (χ1n) is 10.5. The van der Waals surface area contributed by atoms with E-state index in [1.54, 1.807) is 7.11 Å². The van der Waals surface area contributed by atoms with Crippen molar-refractivity contribution in [1.82, 2.24) is 9.80 Å². The maximum absolute atomic E-state index is 5.50. The van der Waals surface area contributed by atoms with Crippen LogP contribution in [0.4, 0.5) is 5.69 Å². The Kier molecular flexibility index (Phi) is 11.4. The molecule has 2 aliphatic rings. The lowest BCUT2D eigenvalue weighted by molar-refractivity contribution is 0.155. The summed E-state index contributed by atoms with van der Waals surface area (Å²) in [6.07, 6.45) is 2.73. The molecular weight excluding hydrogens is 322 g/mol. The number of benzene rings is 1. The fourth-order valence-corrected chi connectivity index (χ4v) is 3.67. The second-order valence-electron chi connectivity index (χ2n) is 6.71. The zero-order chi connectivity index (χ0) is 19.4. The molecule has 0 amide bonds. The highest BCUT2D eigenvalue weighted by atomic mass is 16.5. The summed E-state index contributed by atoms with van der Waals surface area (Å²) >= 11 is 0. The average Bonchev–Trinajstić information content (AvgIpc) is 2.73. The van der Waals surface area contributed by atoms with Crippen LogP contribution in [0.25, 0.3) is 0 Å². The second kappa shape index (κ2) is 13.0. The molecule has 4 heteroatoms. The van der Waals surface area contributed by atoms with Crippen LogP contribution < -0.4 is 9.64 Å². The fraction of sp³-hybridized carbons (Fsp3) is 0.727. The Morgan fingerprint density at radius 2 is 1.46 bits per heavy atom. The van der Waals surface area contributed by atoms with E-state index < -0.39 is 0 Å². The Hall–Kier alpha value is -1.26. The molecular formula is C22H41N3O. The predicted molar refractivity (Wildman–Crippen MR) is 115 cm³/mol. The highest BCUT2D eigenvalue weighted by molar-refractivity contribution is 5.58. The van der Waals surface area contributed by atoms with Crippen LogP contribution in [0, 0.1) is 5.92 Å². The third-order valence-corrected chi connectivity index (χ3v) is 5.15. The summed E-state index contributed by atoms with van der Waals surface area (Å²) < 4.78 is 5.50. The van der Waals surface area contributed by atoms with Gasteiger partial charge in [0, 0.05) is 32.7 Å². The van der Waals surface area contributed by atoms with E-state index in [1.165, 1.54) is 51.3 Å². The minimum absolute atomic E-state index is 0.897. The summed E-state index contributed by atoms with van der Waals surface area (Å²) in [5.41, 5.74) is 1.24. The van der Waals surface area contributed by atoms with Gasteiger partial charge in [0.05, 0.1) is 12.8 Å². The van der Waals surface area contributed by atoms with Gasteiger partial charge in [-0.25, -0.2) is 0 Å². The van der Waals surface area contributed by atoms with Gasteiger partial charge in [0.15, 0.2) is 0 Å². The average molecular weight is 364 g/mol. The quantitative estimate of drug-likeness (QED) is 0.797. The number of hydrogen-bond acceptors (Lipinski definition) is 4. The van der Waals surface area contributed by atoms with Crippen LogP contribution in [0.1, 0.15) is 40.5 Å². The summed E-state index contributed by atoms with van der Waals surface area (Å²) in [4.78, 5) is 7.57. The summed E-state index contributed by atoms with van der Waals surface area (Å²) in [7, 11) is 4.00. The normalized spacial score (nSPS) is 19.1. The minimum atomic E-state index is 0.897. The van der Waals surface area contributed by atoms with Gasteiger partial charge in [0.1, 0.15) is 5.75 Å². The zero-order valence-electron chi connectivity index (χ0n) is 18.0. The number of rotatable bonds is 4. The highest BCUT2D eigenvalue weighted by Gasteiger charge is 2.23. The van der Waals surface area contributed by atoms with Gasteiger partial charge < -0.3 is 14.5 Å². The molecule has 1 aromatic rings. The van der Waals surface area contributed by atoms with Crippen molar-refractivity contribution in [3.8, 4) is 5.75 Å². The first-order valence-corrected chi connectivity index (χ1v) is 10.5. The fourth-order valence-electron chi connectivity index (χ4n) is 3.67. The van der Waals surface area contributed by atoms with Crippen LogP contribution in [0.15, 0.2) is 24.3 Å². The SMILES string of the molecule is CC.CC.COc1ccccc1N1CCN(CC2CCN(C)CC2)CC1. The maximum Gasteiger partial charge on any atom is 0.142 e. The number of likely N-dealkylation sites (tertiary alicyclic amines) is 1. The van der Waals surface area contributed by atoms with Crippen molar-refractivity contribution in [2.75, 3.05) is 64.9 Å². The first-order chi connectivity index (χ1) is 12.8. The van der Waals surface area contributed by atoms with E-state index >= 15 is 0 Å². The van der Waals surface area contributed by atoms with Gasteiger partial charge in [0.25, 0.3) is 0 Å². The lowest BCUT2D eigenvalue weighted by Gasteiger charge is -2.39. The summed E-state index contributed by atoms with van der Waals surface area (Å²) in [6, 6.07) is 8.37. The van der Waals surface area contributed by atoms with Crippen molar-refractivity contribution in [1.29, 1.82) is 0 Å². The van der Waals surface area contributed by atoms with Gasteiger partial charge in [-0.3, -0.25) is 4.90 Å². The Morgan fingerprint density at radius 3 is 2.04 bits per heavy atom. The number of anilines is 1. The van der Waals surface area contributed by atoms with E-state index in [4.69, 9.17) is 4.74 Å². The van der Waals surface area contributed by atoms with Gasteiger partial charge >= 0.3 is 0 Å². The predicted octanol–water partition coefficient (Wildman–Crippen LogP) is 4.21. The van der Waals surface area contributed by atoms with Crippen LogP contribution in [0.3, 0.4) is 0 Å². The number of piperidine rings is 1. The van der Waals surface area contributed by atoms with Crippen molar-refractivity contribution in [2.24, 2.45) is 5.92 Å². The summed E-state index contributed by atoms with van der Waals surface area (Å²) in [5.74, 6) is 1.89. The van der Waals surface area contributed by atoms with Crippen LogP contribution >= 0.6 is 0 Å². The van der Waals surface area contributed by atoms with Crippen molar-refractivity contribution in [3.63, 3.8) is 0 Å². The lowest BCUT2D eigenvalue weighted by Crippen LogP contribution is -2.48. The van der Waals surface area contributed by atoms with Crippen LogP contribution in [-0.2, 0) is 0 Å². The van der Waals surface area contributed by atoms with E-state index in [0.29, 0.717) is 0 Å². The van der Waals surface area contributed by atoms with E-state index in [2.05, 4.69) is 39.9 Å². The molecule has 0 aliphatic carbocycles. The molecule has 1 aromatic carbocycles. The van der Waals surface area contributed by atoms with E-state index in [-0.39, 0.29) is 0 Å². The zero-order valence-corrected chi connectivity index (χ0v) is 18.0.